The molecule has 0 saturated heterocycles. The second-order valence-corrected chi connectivity index (χ2v) is 19.3. The summed E-state index contributed by atoms with van der Waals surface area (Å²) in [5, 5.41) is 18.9. The van der Waals surface area contributed by atoms with E-state index in [4.69, 9.17) is 28.9 Å². The van der Waals surface area contributed by atoms with Gasteiger partial charge in [0.2, 0.25) is 0 Å². The molecule has 2 aromatic heterocycles. The Morgan fingerprint density at radius 3 is 1.45 bits per heavy atom. The Morgan fingerprint density at radius 2 is 1.00 bits per heavy atom. The van der Waals surface area contributed by atoms with Crippen LogP contribution in [0.3, 0.4) is 0 Å². The molecule has 0 radical (unpaired) electrons. The lowest BCUT2D eigenvalue weighted by molar-refractivity contribution is 0.0686. The van der Waals surface area contributed by atoms with Crippen molar-refractivity contribution >= 4 is 40.1 Å². The molecule has 382 valence electrons. The van der Waals surface area contributed by atoms with E-state index in [0.717, 1.165) is 123 Å². The zero-order chi connectivity index (χ0) is 51.6. The fourth-order valence-electron chi connectivity index (χ4n) is 10.6. The normalized spacial score (nSPS) is 14.2. The number of hydrogen-bond donors (Lipinski definition) is 2. The maximum absolute atomic E-state index is 11.5. The van der Waals surface area contributed by atoms with Crippen molar-refractivity contribution in [1.82, 2.24) is 19.1 Å². The largest absolute Gasteiger partial charge is 0.497 e. The number of allylic oxidation sites excluding steroid dienone is 1. The summed E-state index contributed by atoms with van der Waals surface area (Å²) in [5.74, 6) is 3.08. The highest BCUT2D eigenvalue weighted by atomic mass is 16.5. The third-order valence-corrected chi connectivity index (χ3v) is 14.4. The van der Waals surface area contributed by atoms with Gasteiger partial charge in [0.15, 0.2) is 0 Å². The van der Waals surface area contributed by atoms with Crippen LogP contribution >= 0.6 is 0 Å². The lowest BCUT2D eigenvalue weighted by Gasteiger charge is -2.25. The van der Waals surface area contributed by atoms with Crippen LogP contribution in [0, 0.1) is 0 Å². The first-order chi connectivity index (χ1) is 36.1. The van der Waals surface area contributed by atoms with Crippen molar-refractivity contribution in [3.05, 3.63) is 161 Å². The molecule has 2 saturated carbocycles. The van der Waals surface area contributed by atoms with Gasteiger partial charge >= 0.3 is 11.9 Å². The number of carbonyl (C=O) groups is 2. The molecule has 8 aromatic rings. The first-order valence-electron chi connectivity index (χ1n) is 26.1. The maximum Gasteiger partial charge on any atom is 0.335 e. The topological polar surface area (TPSA) is 147 Å². The predicted molar refractivity (Wildman–Crippen MR) is 292 cm³/mol. The highest BCUT2D eigenvalue weighted by molar-refractivity contribution is 5.94. The van der Waals surface area contributed by atoms with E-state index in [1.165, 1.54) is 44.1 Å². The molecule has 2 N–H and O–H groups in total. The van der Waals surface area contributed by atoms with Crippen LogP contribution in [0.25, 0.3) is 50.9 Å². The average molecular weight is 995 g/mol. The minimum Gasteiger partial charge on any atom is -0.497 e. The molecular weight excluding hydrogens is 929 g/mol. The van der Waals surface area contributed by atoms with E-state index in [1.54, 1.807) is 38.5 Å². The van der Waals surface area contributed by atoms with Gasteiger partial charge in [0, 0.05) is 28.8 Å². The van der Waals surface area contributed by atoms with E-state index in [1.807, 2.05) is 97.9 Å². The molecule has 2 aliphatic rings. The molecule has 2 fully saturated rings. The molecule has 0 aliphatic heterocycles. The van der Waals surface area contributed by atoms with Crippen LogP contribution in [0.2, 0.25) is 0 Å². The molecule has 2 aliphatic carbocycles. The smallest absolute Gasteiger partial charge is 0.335 e. The summed E-state index contributed by atoms with van der Waals surface area (Å²) in [5.41, 5.74) is 10.5. The number of carboxylic acid groups (broad SMARTS) is 2. The summed E-state index contributed by atoms with van der Waals surface area (Å²) in [6, 6.07) is 39.5. The Balaban J connectivity index is 0.000000182. The summed E-state index contributed by atoms with van der Waals surface area (Å²) >= 11 is 0. The molecule has 2 heterocycles. The summed E-state index contributed by atoms with van der Waals surface area (Å²) < 4.78 is 27.7. The van der Waals surface area contributed by atoms with Crippen molar-refractivity contribution in [3.63, 3.8) is 0 Å². The number of rotatable bonds is 17. The van der Waals surface area contributed by atoms with Gasteiger partial charge in [-0.2, -0.15) is 0 Å². The number of aromatic carboxylic acids is 2. The minimum absolute atomic E-state index is 0.255. The fraction of sp³-hybridized carbons (Fsp3) is 0.323. The zero-order valence-corrected chi connectivity index (χ0v) is 42.9. The second-order valence-electron chi connectivity index (χ2n) is 19.3. The Bertz CT molecular complexity index is 3250. The number of nitrogens with zero attached hydrogens (tertiary/aromatic N) is 4. The monoisotopic (exact) mass is 994 g/mol. The van der Waals surface area contributed by atoms with Gasteiger partial charge in [0.25, 0.3) is 0 Å². The number of benzene rings is 6. The van der Waals surface area contributed by atoms with Gasteiger partial charge in [-0.3, -0.25) is 0 Å². The quantitative estimate of drug-likeness (QED) is 0.0903. The molecule has 0 amide bonds. The summed E-state index contributed by atoms with van der Waals surface area (Å²) in [7, 11) is 3.35. The van der Waals surface area contributed by atoms with E-state index in [-0.39, 0.29) is 11.1 Å². The lowest BCUT2D eigenvalue weighted by atomic mass is 9.95. The molecule has 74 heavy (non-hydrogen) atoms. The average Bonchev–Trinajstić information content (AvgIpc) is 4.02. The third-order valence-electron chi connectivity index (χ3n) is 14.4. The number of aryl methyl sites for hydroxylation is 1. The molecule has 6 aromatic carbocycles. The first kappa shape index (κ1) is 51.1. The Morgan fingerprint density at radius 1 is 0.554 bits per heavy atom. The van der Waals surface area contributed by atoms with Crippen molar-refractivity contribution in [2.24, 2.45) is 0 Å². The first-order valence-corrected chi connectivity index (χ1v) is 26.1. The second kappa shape index (κ2) is 23.8. The van der Waals surface area contributed by atoms with Crippen molar-refractivity contribution in [3.8, 4) is 45.8 Å². The van der Waals surface area contributed by atoms with Gasteiger partial charge in [-0.15, -0.1) is 0 Å². The highest BCUT2D eigenvalue weighted by Crippen LogP contribution is 2.39. The summed E-state index contributed by atoms with van der Waals surface area (Å²) in [4.78, 5) is 32.9. The van der Waals surface area contributed by atoms with Crippen molar-refractivity contribution in [1.29, 1.82) is 0 Å². The molecule has 0 unspecified atom stereocenters. The van der Waals surface area contributed by atoms with Gasteiger partial charge < -0.3 is 38.3 Å². The number of aromatic nitrogens is 4. The van der Waals surface area contributed by atoms with E-state index >= 15 is 0 Å². The maximum atomic E-state index is 11.5. The Hall–Kier alpha value is -7.86. The number of carboxylic acids is 2. The van der Waals surface area contributed by atoms with Crippen LogP contribution in [0.4, 0.5) is 0 Å². The Kier molecular flexibility index (Phi) is 16.4. The van der Waals surface area contributed by atoms with Crippen molar-refractivity contribution in [2.75, 3.05) is 14.2 Å². The predicted octanol–water partition coefficient (Wildman–Crippen LogP) is 15.0. The van der Waals surface area contributed by atoms with Crippen LogP contribution in [0.1, 0.15) is 140 Å². The minimum atomic E-state index is -0.939. The fourth-order valence-corrected chi connectivity index (χ4v) is 10.6. The van der Waals surface area contributed by atoms with Crippen molar-refractivity contribution < 1.29 is 38.7 Å². The molecule has 12 heteroatoms. The molecule has 0 bridgehead atoms. The van der Waals surface area contributed by atoms with Crippen molar-refractivity contribution in [2.45, 2.75) is 116 Å². The lowest BCUT2D eigenvalue weighted by Crippen LogP contribution is -2.14. The van der Waals surface area contributed by atoms with E-state index in [0.29, 0.717) is 25.3 Å². The molecule has 10 rings (SSSR count). The molecule has 0 atom stereocenters. The zero-order valence-electron chi connectivity index (χ0n) is 42.9. The van der Waals surface area contributed by atoms with Gasteiger partial charge in [-0.1, -0.05) is 76.2 Å². The molecule has 0 spiro atoms. The van der Waals surface area contributed by atoms with Crippen LogP contribution < -0.4 is 18.9 Å². The van der Waals surface area contributed by atoms with E-state index in [9.17, 15) is 19.8 Å². The Labute approximate surface area is 433 Å². The number of ether oxygens (including phenoxy) is 4. The van der Waals surface area contributed by atoms with Crippen LogP contribution in [0.5, 0.6) is 23.0 Å². The number of fused-ring (bicyclic) bond motifs is 2. The number of imidazole rings is 2. The van der Waals surface area contributed by atoms with Gasteiger partial charge in [-0.05, 0) is 165 Å². The third kappa shape index (κ3) is 11.7. The van der Waals surface area contributed by atoms with Gasteiger partial charge in [0.1, 0.15) is 47.9 Å². The summed E-state index contributed by atoms with van der Waals surface area (Å²) in [6.45, 7) is 5.08. The number of hydrogen-bond acceptors (Lipinski definition) is 8. The number of methoxy groups -OCH3 is 2. The molecular formula is C62H66N4O8. The highest BCUT2D eigenvalue weighted by Gasteiger charge is 2.25. The van der Waals surface area contributed by atoms with Crippen LogP contribution in [0.15, 0.2) is 127 Å². The van der Waals surface area contributed by atoms with E-state index in [2.05, 4.69) is 34.3 Å². The summed E-state index contributed by atoms with van der Waals surface area (Å²) in [6.07, 6.45) is 17.9. The van der Waals surface area contributed by atoms with Crippen LogP contribution in [-0.2, 0) is 19.6 Å². The standard InChI is InChI=1S/C31H34N2O4.C31H32N2O4/c2*1-3-7-21-10-16-27(36-2)18-24(21)20-37-26-14-11-22(12-15-26)30-32-28-19-23(31(34)35)13-17-29(28)33(30)25-8-5-4-6-9-25/h10-19,25H,3-9,20H2,1-2H3,(H,34,35);3,7,10-19,25H,4-6,8-9,20H2,1-2H3,(H,34,35)/b;7-3+. The van der Waals surface area contributed by atoms with Gasteiger partial charge in [-0.25, -0.2) is 19.6 Å². The van der Waals surface area contributed by atoms with E-state index < -0.39 is 11.9 Å². The SMILES string of the molecule is C/C=C/c1ccc(OC)cc1COc1ccc(-c2nc3cc(C(=O)O)ccc3n2C2CCCCC2)cc1.CCCc1ccc(OC)cc1COc1ccc(-c2nc3cc(C(=O)O)ccc3n2C2CCCCC2)cc1. The van der Waals surface area contributed by atoms with Crippen LogP contribution in [-0.4, -0.2) is 55.5 Å². The molecule has 12 nitrogen and oxygen atoms in total. The van der Waals surface area contributed by atoms with Gasteiger partial charge in [0.05, 0.1) is 47.4 Å².